The van der Waals surface area contributed by atoms with Crippen molar-refractivity contribution in [3.8, 4) is 11.4 Å². The van der Waals surface area contributed by atoms with Gasteiger partial charge >= 0.3 is 6.03 Å². The summed E-state index contributed by atoms with van der Waals surface area (Å²) in [5, 5.41) is 9.69. The van der Waals surface area contributed by atoms with Crippen LogP contribution in [0.2, 0.25) is 0 Å². The van der Waals surface area contributed by atoms with Crippen molar-refractivity contribution < 1.29 is 9.32 Å². The average molecular weight is 300 g/mol. The Kier molecular flexibility index (Phi) is 3.60. The van der Waals surface area contributed by atoms with E-state index in [-0.39, 0.29) is 11.4 Å². The minimum Gasteiger partial charge on any atom is -0.338 e. The molecule has 2 N–H and O–H groups in total. The number of carbonyl (C=O) groups excluding carboxylic acids is 1. The second kappa shape index (κ2) is 5.44. The number of urea groups is 1. The highest BCUT2D eigenvalue weighted by molar-refractivity contribution is 5.89. The lowest BCUT2D eigenvalue weighted by Gasteiger charge is -2.10. The van der Waals surface area contributed by atoms with Gasteiger partial charge in [0.15, 0.2) is 0 Å². The molecule has 1 fully saturated rings. The van der Waals surface area contributed by atoms with E-state index in [2.05, 4.69) is 20.8 Å². The van der Waals surface area contributed by atoms with Gasteiger partial charge < -0.3 is 15.2 Å². The molecule has 0 radical (unpaired) electrons. The highest BCUT2D eigenvalue weighted by Gasteiger charge is 2.23. The van der Waals surface area contributed by atoms with Crippen LogP contribution < -0.4 is 10.6 Å². The summed E-state index contributed by atoms with van der Waals surface area (Å²) in [4.78, 5) is 16.1. The zero-order valence-corrected chi connectivity index (χ0v) is 13.0. The highest BCUT2D eigenvalue weighted by Crippen LogP contribution is 2.24. The third-order valence-corrected chi connectivity index (χ3v) is 3.38. The first-order valence-corrected chi connectivity index (χ1v) is 7.44. The van der Waals surface area contributed by atoms with E-state index in [1.54, 1.807) is 0 Å². The Labute approximate surface area is 129 Å². The van der Waals surface area contributed by atoms with Crippen molar-refractivity contribution in [3.63, 3.8) is 0 Å². The number of hydrogen-bond donors (Lipinski definition) is 2. The molecule has 0 bridgehead atoms. The summed E-state index contributed by atoms with van der Waals surface area (Å²) in [6.45, 7) is 6.07. The summed E-state index contributed by atoms with van der Waals surface area (Å²) in [6.07, 6.45) is 2.14. The maximum Gasteiger partial charge on any atom is 0.319 e. The van der Waals surface area contributed by atoms with Gasteiger partial charge in [0.2, 0.25) is 11.7 Å². The van der Waals surface area contributed by atoms with Crippen LogP contribution in [0.25, 0.3) is 11.4 Å². The van der Waals surface area contributed by atoms with E-state index in [0.717, 1.165) is 24.1 Å². The molecular formula is C16H20N4O2. The first-order chi connectivity index (χ1) is 10.4. The second-order valence-electron chi connectivity index (χ2n) is 6.62. The molecule has 0 aliphatic heterocycles. The van der Waals surface area contributed by atoms with Crippen LogP contribution >= 0.6 is 0 Å². The van der Waals surface area contributed by atoms with Crippen LogP contribution in [-0.4, -0.2) is 22.2 Å². The van der Waals surface area contributed by atoms with Gasteiger partial charge in [-0.1, -0.05) is 25.9 Å². The van der Waals surface area contributed by atoms with E-state index < -0.39 is 0 Å². The molecule has 1 saturated carbocycles. The Morgan fingerprint density at radius 2 is 1.91 bits per heavy atom. The van der Waals surface area contributed by atoms with Crippen LogP contribution in [0.1, 0.15) is 39.5 Å². The topological polar surface area (TPSA) is 80.0 Å². The summed E-state index contributed by atoms with van der Waals surface area (Å²) >= 11 is 0. The minimum atomic E-state index is -0.173. The lowest BCUT2D eigenvalue weighted by molar-refractivity contribution is 0.251. The standard InChI is InChI=1S/C16H20N4O2/c1-16(2,3)14-19-13(20-22-14)10-4-6-11(7-5-10)17-15(21)18-12-8-9-12/h4-7,12H,8-9H2,1-3H3,(H2,17,18,21). The van der Waals surface area contributed by atoms with Gasteiger partial charge in [-0.3, -0.25) is 0 Å². The summed E-state index contributed by atoms with van der Waals surface area (Å²) in [6, 6.07) is 7.57. The van der Waals surface area contributed by atoms with Crippen molar-refractivity contribution in [3.05, 3.63) is 30.2 Å². The molecule has 1 heterocycles. The van der Waals surface area contributed by atoms with Crippen LogP contribution in [-0.2, 0) is 5.41 Å². The summed E-state index contributed by atoms with van der Waals surface area (Å²) in [5.41, 5.74) is 1.42. The molecule has 2 amide bonds. The van der Waals surface area contributed by atoms with E-state index in [4.69, 9.17) is 4.52 Å². The van der Waals surface area contributed by atoms with Gasteiger partial charge in [-0.2, -0.15) is 4.98 Å². The van der Waals surface area contributed by atoms with Gasteiger partial charge in [-0.25, -0.2) is 4.79 Å². The van der Waals surface area contributed by atoms with Crippen molar-refractivity contribution in [1.82, 2.24) is 15.5 Å². The molecule has 2 aromatic rings. The molecular weight excluding hydrogens is 280 g/mol. The molecule has 1 aromatic carbocycles. The number of amides is 2. The molecule has 0 atom stereocenters. The molecule has 6 heteroatoms. The molecule has 0 spiro atoms. The quantitative estimate of drug-likeness (QED) is 0.911. The minimum absolute atomic E-state index is 0.162. The molecule has 0 unspecified atom stereocenters. The maximum absolute atomic E-state index is 11.7. The Morgan fingerprint density at radius 3 is 2.45 bits per heavy atom. The van der Waals surface area contributed by atoms with Crippen LogP contribution in [0.5, 0.6) is 0 Å². The lowest BCUT2D eigenvalue weighted by Crippen LogP contribution is -2.30. The van der Waals surface area contributed by atoms with E-state index >= 15 is 0 Å². The molecule has 6 nitrogen and oxygen atoms in total. The molecule has 1 aliphatic rings. The summed E-state index contributed by atoms with van der Waals surface area (Å²) in [7, 11) is 0. The normalized spacial score (nSPS) is 14.7. The number of nitrogens with zero attached hydrogens (tertiary/aromatic N) is 2. The lowest BCUT2D eigenvalue weighted by atomic mass is 9.97. The number of benzene rings is 1. The Hall–Kier alpha value is -2.37. The number of carbonyl (C=O) groups is 1. The van der Waals surface area contributed by atoms with E-state index in [9.17, 15) is 4.79 Å². The van der Waals surface area contributed by atoms with Gasteiger partial charge in [0.25, 0.3) is 0 Å². The molecule has 1 aliphatic carbocycles. The molecule has 22 heavy (non-hydrogen) atoms. The SMILES string of the molecule is CC(C)(C)c1nc(-c2ccc(NC(=O)NC3CC3)cc2)no1. The molecule has 1 aromatic heterocycles. The number of aromatic nitrogens is 2. The van der Waals surface area contributed by atoms with Gasteiger partial charge in [0, 0.05) is 22.7 Å². The van der Waals surface area contributed by atoms with Gasteiger partial charge in [0.1, 0.15) is 0 Å². The fourth-order valence-electron chi connectivity index (χ4n) is 1.93. The van der Waals surface area contributed by atoms with Gasteiger partial charge in [-0.15, -0.1) is 0 Å². The number of anilines is 1. The fourth-order valence-corrected chi connectivity index (χ4v) is 1.93. The summed E-state index contributed by atoms with van der Waals surface area (Å²) < 4.78 is 5.29. The third kappa shape index (κ3) is 3.44. The van der Waals surface area contributed by atoms with Crippen molar-refractivity contribution in [2.24, 2.45) is 0 Å². The zero-order chi connectivity index (χ0) is 15.7. The predicted molar refractivity (Wildman–Crippen MR) is 83.6 cm³/mol. The van der Waals surface area contributed by atoms with Crippen LogP contribution in [0.4, 0.5) is 10.5 Å². The molecule has 3 rings (SSSR count). The number of rotatable bonds is 3. The van der Waals surface area contributed by atoms with Crippen molar-refractivity contribution in [1.29, 1.82) is 0 Å². The van der Waals surface area contributed by atoms with Gasteiger partial charge in [0.05, 0.1) is 0 Å². The monoisotopic (exact) mass is 300 g/mol. The molecule has 0 saturated heterocycles. The van der Waals surface area contributed by atoms with E-state index in [0.29, 0.717) is 17.8 Å². The first-order valence-electron chi connectivity index (χ1n) is 7.44. The first kappa shape index (κ1) is 14.6. The smallest absolute Gasteiger partial charge is 0.319 e. The third-order valence-electron chi connectivity index (χ3n) is 3.38. The highest BCUT2D eigenvalue weighted by atomic mass is 16.5. The Bertz CT molecular complexity index is 666. The Balaban J connectivity index is 1.68. The van der Waals surface area contributed by atoms with Crippen molar-refractivity contribution in [2.45, 2.75) is 45.1 Å². The average Bonchev–Trinajstić information content (AvgIpc) is 3.10. The van der Waals surface area contributed by atoms with E-state index in [1.807, 2.05) is 45.0 Å². The predicted octanol–water partition coefficient (Wildman–Crippen LogP) is 3.32. The number of hydrogen-bond acceptors (Lipinski definition) is 4. The van der Waals surface area contributed by atoms with Crippen LogP contribution in [0, 0.1) is 0 Å². The van der Waals surface area contributed by atoms with Crippen molar-refractivity contribution in [2.75, 3.05) is 5.32 Å². The van der Waals surface area contributed by atoms with E-state index in [1.165, 1.54) is 0 Å². The maximum atomic E-state index is 11.7. The molecule has 116 valence electrons. The van der Waals surface area contributed by atoms with Crippen molar-refractivity contribution >= 4 is 11.7 Å². The Morgan fingerprint density at radius 1 is 1.23 bits per heavy atom. The fraction of sp³-hybridized carbons (Fsp3) is 0.438. The zero-order valence-electron chi connectivity index (χ0n) is 13.0. The summed E-state index contributed by atoms with van der Waals surface area (Å²) in [5.74, 6) is 1.16. The number of nitrogens with one attached hydrogen (secondary N) is 2. The van der Waals surface area contributed by atoms with Crippen LogP contribution in [0.3, 0.4) is 0 Å². The largest absolute Gasteiger partial charge is 0.338 e. The second-order valence-corrected chi connectivity index (χ2v) is 6.62. The van der Waals surface area contributed by atoms with Crippen LogP contribution in [0.15, 0.2) is 28.8 Å². The van der Waals surface area contributed by atoms with Gasteiger partial charge in [-0.05, 0) is 37.1 Å².